The summed E-state index contributed by atoms with van der Waals surface area (Å²) in [5.41, 5.74) is 2.07. The maximum atomic E-state index is 13.2. The fraction of sp³-hybridized carbons (Fsp3) is 0.0417. The SMILES string of the molecule is Cc1ccc(S(=O)(=O)/N=C/C2=C(c3ccccc3)C(=O)c3ccccc3C2=O)cc1. The van der Waals surface area contributed by atoms with Gasteiger partial charge in [0.05, 0.1) is 16.7 Å². The van der Waals surface area contributed by atoms with Gasteiger partial charge in [-0.25, -0.2) is 0 Å². The summed E-state index contributed by atoms with van der Waals surface area (Å²) in [6.45, 7) is 1.85. The van der Waals surface area contributed by atoms with Crippen LogP contribution in [-0.2, 0) is 10.0 Å². The Balaban J connectivity index is 1.87. The van der Waals surface area contributed by atoms with E-state index in [0.29, 0.717) is 11.1 Å². The molecule has 0 bridgehead atoms. The van der Waals surface area contributed by atoms with Gasteiger partial charge in [0, 0.05) is 16.7 Å². The molecule has 0 amide bonds. The third kappa shape index (κ3) is 3.53. The first kappa shape index (κ1) is 19.7. The number of benzene rings is 3. The van der Waals surface area contributed by atoms with Crippen LogP contribution in [0.3, 0.4) is 0 Å². The smallest absolute Gasteiger partial charge is 0.282 e. The molecule has 3 aromatic carbocycles. The van der Waals surface area contributed by atoms with Crippen LogP contribution in [0.4, 0.5) is 0 Å². The highest BCUT2D eigenvalue weighted by Gasteiger charge is 2.32. The standard InChI is InChI=1S/C24H17NO4S/c1-16-11-13-18(14-12-16)30(28,29)25-15-21-22(17-7-3-2-4-8-17)24(27)20-10-6-5-9-19(20)23(21)26/h2-15H,1H3/b25-15+. The lowest BCUT2D eigenvalue weighted by atomic mass is 9.81. The molecule has 0 N–H and O–H groups in total. The van der Waals surface area contributed by atoms with Gasteiger partial charge < -0.3 is 0 Å². The molecule has 5 nitrogen and oxygen atoms in total. The van der Waals surface area contributed by atoms with Gasteiger partial charge in [0.2, 0.25) is 0 Å². The van der Waals surface area contributed by atoms with Gasteiger partial charge in [-0.2, -0.15) is 12.8 Å². The Labute approximate surface area is 174 Å². The number of carbonyl (C=O) groups excluding carboxylic acids is 2. The quantitative estimate of drug-likeness (QED) is 0.596. The molecule has 30 heavy (non-hydrogen) atoms. The van der Waals surface area contributed by atoms with Crippen LogP contribution in [0.15, 0.2) is 93.7 Å². The van der Waals surface area contributed by atoms with Gasteiger partial charge in [0.25, 0.3) is 10.0 Å². The van der Waals surface area contributed by atoms with E-state index < -0.39 is 15.8 Å². The number of aryl methyl sites for hydroxylation is 1. The fourth-order valence-corrected chi connectivity index (χ4v) is 4.15. The summed E-state index contributed by atoms with van der Waals surface area (Å²) in [4.78, 5) is 26.3. The molecule has 0 heterocycles. The number of sulfonamides is 1. The summed E-state index contributed by atoms with van der Waals surface area (Å²) < 4.78 is 29.0. The van der Waals surface area contributed by atoms with Crippen molar-refractivity contribution in [3.05, 3.63) is 107 Å². The maximum Gasteiger partial charge on any atom is 0.282 e. The average Bonchev–Trinajstić information content (AvgIpc) is 2.76. The van der Waals surface area contributed by atoms with Crippen molar-refractivity contribution < 1.29 is 18.0 Å². The summed E-state index contributed by atoms with van der Waals surface area (Å²) in [6.07, 6.45) is 0.994. The first-order chi connectivity index (χ1) is 14.4. The van der Waals surface area contributed by atoms with Gasteiger partial charge >= 0.3 is 0 Å². The number of rotatable bonds is 4. The number of Topliss-reactive ketones (excluding diaryl/α,β-unsaturated/α-hetero) is 2. The molecule has 0 saturated carbocycles. The number of fused-ring (bicyclic) bond motifs is 1. The molecule has 0 saturated heterocycles. The predicted molar refractivity (Wildman–Crippen MR) is 115 cm³/mol. The van der Waals surface area contributed by atoms with Crippen molar-refractivity contribution in [3.63, 3.8) is 0 Å². The van der Waals surface area contributed by atoms with Gasteiger partial charge in [-0.3, -0.25) is 9.59 Å². The van der Waals surface area contributed by atoms with Gasteiger partial charge in [0.15, 0.2) is 11.6 Å². The summed E-state index contributed by atoms with van der Waals surface area (Å²) in [5, 5.41) is 0. The zero-order valence-electron chi connectivity index (χ0n) is 16.1. The Hall–Kier alpha value is -3.64. The highest BCUT2D eigenvalue weighted by molar-refractivity contribution is 7.90. The highest BCUT2D eigenvalue weighted by atomic mass is 32.2. The Morgan fingerprint density at radius 2 is 1.30 bits per heavy atom. The lowest BCUT2D eigenvalue weighted by molar-refractivity contribution is 0.0997. The fourth-order valence-electron chi connectivity index (χ4n) is 3.30. The zero-order valence-corrected chi connectivity index (χ0v) is 16.9. The van der Waals surface area contributed by atoms with E-state index in [4.69, 9.17) is 0 Å². The van der Waals surface area contributed by atoms with Crippen LogP contribution in [0, 0.1) is 6.92 Å². The van der Waals surface area contributed by atoms with Gasteiger partial charge in [-0.1, -0.05) is 72.3 Å². The molecule has 0 fully saturated rings. The second kappa shape index (κ2) is 7.65. The van der Waals surface area contributed by atoms with Crippen LogP contribution >= 0.6 is 0 Å². The molecule has 0 aliphatic heterocycles. The largest absolute Gasteiger partial charge is 0.289 e. The van der Waals surface area contributed by atoms with Crippen LogP contribution in [0.25, 0.3) is 5.57 Å². The molecule has 1 aliphatic carbocycles. The first-order valence-corrected chi connectivity index (χ1v) is 10.7. The Morgan fingerprint density at radius 3 is 1.93 bits per heavy atom. The van der Waals surface area contributed by atoms with Crippen LogP contribution in [0.2, 0.25) is 0 Å². The average molecular weight is 415 g/mol. The van der Waals surface area contributed by atoms with Crippen LogP contribution < -0.4 is 0 Å². The summed E-state index contributed by atoms with van der Waals surface area (Å²) in [6, 6.07) is 21.4. The van der Waals surface area contributed by atoms with E-state index in [0.717, 1.165) is 11.8 Å². The zero-order chi connectivity index (χ0) is 21.3. The molecule has 6 heteroatoms. The third-order valence-corrected chi connectivity index (χ3v) is 6.11. The monoisotopic (exact) mass is 415 g/mol. The number of ketones is 2. The Morgan fingerprint density at radius 1 is 0.733 bits per heavy atom. The van der Waals surface area contributed by atoms with Crippen molar-refractivity contribution in [1.29, 1.82) is 0 Å². The van der Waals surface area contributed by atoms with E-state index in [1.54, 1.807) is 66.7 Å². The predicted octanol–water partition coefficient (Wildman–Crippen LogP) is 4.29. The Kier molecular flexibility index (Phi) is 5.01. The molecule has 0 atom stereocenters. The number of nitrogens with zero attached hydrogens (tertiary/aromatic N) is 1. The lowest BCUT2D eigenvalue weighted by Crippen LogP contribution is -2.22. The van der Waals surface area contributed by atoms with E-state index in [-0.39, 0.29) is 27.4 Å². The second-order valence-corrected chi connectivity index (χ2v) is 8.51. The molecule has 0 unspecified atom stereocenters. The Bertz CT molecular complexity index is 1320. The van der Waals surface area contributed by atoms with Gasteiger partial charge in [-0.05, 0) is 24.6 Å². The molecular formula is C24H17NO4S. The number of carbonyl (C=O) groups is 2. The molecule has 0 spiro atoms. The molecule has 0 aromatic heterocycles. The maximum absolute atomic E-state index is 13.2. The van der Waals surface area contributed by atoms with E-state index >= 15 is 0 Å². The first-order valence-electron chi connectivity index (χ1n) is 9.23. The van der Waals surface area contributed by atoms with Crippen molar-refractivity contribution in [2.24, 2.45) is 4.40 Å². The van der Waals surface area contributed by atoms with Crippen LogP contribution in [0.5, 0.6) is 0 Å². The topological polar surface area (TPSA) is 80.6 Å². The normalized spacial score (nSPS) is 14.3. The van der Waals surface area contributed by atoms with Crippen molar-refractivity contribution in [2.75, 3.05) is 0 Å². The van der Waals surface area contributed by atoms with E-state index in [9.17, 15) is 18.0 Å². The highest BCUT2D eigenvalue weighted by Crippen LogP contribution is 2.32. The van der Waals surface area contributed by atoms with Gasteiger partial charge in [0.1, 0.15) is 0 Å². The minimum Gasteiger partial charge on any atom is -0.289 e. The minimum atomic E-state index is -4.03. The third-order valence-electron chi connectivity index (χ3n) is 4.86. The van der Waals surface area contributed by atoms with E-state index in [1.165, 1.54) is 12.1 Å². The lowest BCUT2D eigenvalue weighted by Gasteiger charge is -2.19. The summed E-state index contributed by atoms with van der Waals surface area (Å²) in [5.74, 6) is -0.780. The van der Waals surface area contributed by atoms with Crippen molar-refractivity contribution in [2.45, 2.75) is 11.8 Å². The molecule has 0 radical (unpaired) electrons. The molecule has 3 aromatic rings. The molecule has 4 rings (SSSR count). The van der Waals surface area contributed by atoms with Crippen molar-refractivity contribution in [3.8, 4) is 0 Å². The van der Waals surface area contributed by atoms with E-state index in [1.807, 2.05) is 6.92 Å². The number of hydrogen-bond donors (Lipinski definition) is 0. The molecular weight excluding hydrogens is 398 g/mol. The van der Waals surface area contributed by atoms with Crippen molar-refractivity contribution >= 4 is 33.4 Å². The van der Waals surface area contributed by atoms with E-state index in [2.05, 4.69) is 4.40 Å². The molecule has 1 aliphatic rings. The summed E-state index contributed by atoms with van der Waals surface area (Å²) >= 11 is 0. The van der Waals surface area contributed by atoms with Crippen LogP contribution in [0.1, 0.15) is 31.8 Å². The van der Waals surface area contributed by atoms with Gasteiger partial charge in [-0.15, -0.1) is 0 Å². The number of hydrogen-bond acceptors (Lipinski definition) is 4. The summed E-state index contributed by atoms with van der Waals surface area (Å²) in [7, 11) is -4.03. The second-order valence-electron chi connectivity index (χ2n) is 6.88. The van der Waals surface area contributed by atoms with Crippen molar-refractivity contribution in [1.82, 2.24) is 0 Å². The number of allylic oxidation sites excluding steroid dienone is 2. The minimum absolute atomic E-state index is 0.0150. The molecule has 148 valence electrons. The van der Waals surface area contributed by atoms with Crippen LogP contribution in [-0.4, -0.2) is 26.2 Å².